The summed E-state index contributed by atoms with van der Waals surface area (Å²) in [4.78, 5) is 34.9. The molecule has 0 aliphatic heterocycles. The van der Waals surface area contributed by atoms with Gasteiger partial charge in [0.15, 0.2) is 17.5 Å². The van der Waals surface area contributed by atoms with Crippen LogP contribution in [0.4, 0.5) is 0 Å². The van der Waals surface area contributed by atoms with Crippen LogP contribution in [-0.2, 0) is 19.1 Å². The zero-order chi connectivity index (χ0) is 15.4. The van der Waals surface area contributed by atoms with Crippen molar-refractivity contribution in [3.05, 3.63) is 0 Å². The maximum absolute atomic E-state index is 11.9. The van der Waals surface area contributed by atoms with Gasteiger partial charge in [-0.2, -0.15) is 0 Å². The van der Waals surface area contributed by atoms with E-state index in [2.05, 4.69) is 6.92 Å². The van der Waals surface area contributed by atoms with Gasteiger partial charge < -0.3 is 4.74 Å². The normalized spacial score (nSPS) is 11.9. The van der Waals surface area contributed by atoms with Crippen molar-refractivity contribution in [2.45, 2.75) is 72.1 Å². The minimum absolute atomic E-state index is 0.188. The molecule has 0 N–H and O–H groups in total. The summed E-state index contributed by atoms with van der Waals surface area (Å²) in [5, 5.41) is 0. The Kier molecular flexibility index (Phi) is 10.9. The number of Topliss-reactive ketones (excluding diaryl/α,β-unsaturated/α-hetero) is 2. The Morgan fingerprint density at radius 1 is 0.900 bits per heavy atom. The van der Waals surface area contributed by atoms with Crippen molar-refractivity contribution in [3.63, 3.8) is 0 Å². The van der Waals surface area contributed by atoms with Crippen LogP contribution in [-0.4, -0.2) is 24.1 Å². The first-order valence-corrected chi connectivity index (χ1v) is 7.74. The number of esters is 1. The molecular weight excluding hydrogens is 256 g/mol. The van der Waals surface area contributed by atoms with Crippen molar-refractivity contribution >= 4 is 17.5 Å². The smallest absolute Gasteiger partial charge is 0.324 e. The number of ether oxygens (including phenoxy) is 1. The van der Waals surface area contributed by atoms with E-state index < -0.39 is 17.7 Å². The van der Waals surface area contributed by atoms with Crippen molar-refractivity contribution in [2.75, 3.05) is 6.61 Å². The van der Waals surface area contributed by atoms with Crippen LogP contribution >= 0.6 is 0 Å². The maximum atomic E-state index is 11.9. The van der Waals surface area contributed by atoms with Crippen LogP contribution in [0.15, 0.2) is 0 Å². The van der Waals surface area contributed by atoms with E-state index >= 15 is 0 Å². The van der Waals surface area contributed by atoms with E-state index in [4.69, 9.17) is 4.74 Å². The number of carbonyl (C=O) groups is 3. The zero-order valence-electron chi connectivity index (χ0n) is 13.1. The quantitative estimate of drug-likeness (QED) is 0.313. The molecule has 20 heavy (non-hydrogen) atoms. The second-order valence-electron chi connectivity index (χ2n) is 5.13. The molecule has 4 nitrogen and oxygen atoms in total. The Labute approximate surface area is 122 Å². The summed E-state index contributed by atoms with van der Waals surface area (Å²) in [7, 11) is 0. The van der Waals surface area contributed by atoms with E-state index in [9.17, 15) is 14.4 Å². The lowest BCUT2D eigenvalue weighted by atomic mass is 9.95. The number of rotatable bonds is 12. The molecular formula is C16H28O4. The molecule has 1 unspecified atom stereocenters. The number of carbonyl (C=O) groups excluding carboxylic acids is 3. The molecule has 0 spiro atoms. The van der Waals surface area contributed by atoms with Crippen LogP contribution < -0.4 is 0 Å². The Bertz CT molecular complexity index is 310. The molecule has 0 aromatic heterocycles. The van der Waals surface area contributed by atoms with Crippen LogP contribution in [0.2, 0.25) is 0 Å². The number of hydrogen-bond acceptors (Lipinski definition) is 4. The highest BCUT2D eigenvalue weighted by Gasteiger charge is 2.31. The fourth-order valence-electron chi connectivity index (χ4n) is 2.15. The second kappa shape index (κ2) is 11.6. The largest absolute Gasteiger partial charge is 0.465 e. The summed E-state index contributed by atoms with van der Waals surface area (Å²) < 4.78 is 4.78. The van der Waals surface area contributed by atoms with Crippen LogP contribution in [0.3, 0.4) is 0 Å². The van der Waals surface area contributed by atoms with E-state index in [1.807, 2.05) is 0 Å². The summed E-state index contributed by atoms with van der Waals surface area (Å²) in [6.45, 7) is 5.30. The van der Waals surface area contributed by atoms with Crippen molar-refractivity contribution in [2.24, 2.45) is 5.92 Å². The van der Waals surface area contributed by atoms with Gasteiger partial charge in [0.05, 0.1) is 6.61 Å². The molecule has 0 aliphatic rings. The van der Waals surface area contributed by atoms with Gasteiger partial charge in [-0.05, 0) is 20.3 Å². The van der Waals surface area contributed by atoms with Gasteiger partial charge in [0.25, 0.3) is 0 Å². The van der Waals surface area contributed by atoms with E-state index in [0.717, 1.165) is 19.3 Å². The molecule has 0 heterocycles. The summed E-state index contributed by atoms with van der Waals surface area (Å²) in [6.07, 6.45) is 8.03. The molecule has 4 heteroatoms. The van der Waals surface area contributed by atoms with Gasteiger partial charge in [0.1, 0.15) is 0 Å². The predicted molar refractivity (Wildman–Crippen MR) is 78.4 cm³/mol. The zero-order valence-corrected chi connectivity index (χ0v) is 13.1. The molecule has 116 valence electrons. The fourth-order valence-corrected chi connectivity index (χ4v) is 2.15. The first-order chi connectivity index (χ1) is 9.54. The lowest BCUT2D eigenvalue weighted by Gasteiger charge is -2.11. The molecule has 0 bridgehead atoms. The van der Waals surface area contributed by atoms with Gasteiger partial charge in [-0.15, -0.1) is 0 Å². The lowest BCUT2D eigenvalue weighted by Crippen LogP contribution is -2.32. The first-order valence-electron chi connectivity index (χ1n) is 7.74. The Morgan fingerprint density at radius 2 is 1.45 bits per heavy atom. The molecule has 0 aromatic carbocycles. The number of unbranched alkanes of at least 4 members (excludes halogenated alkanes) is 6. The van der Waals surface area contributed by atoms with Crippen molar-refractivity contribution in [1.29, 1.82) is 0 Å². The summed E-state index contributed by atoms with van der Waals surface area (Å²) in [5.41, 5.74) is 0. The Hall–Kier alpha value is -1.19. The molecule has 1 atom stereocenters. The minimum atomic E-state index is -1.21. The van der Waals surface area contributed by atoms with Gasteiger partial charge in [0.2, 0.25) is 0 Å². The molecule has 0 radical (unpaired) electrons. The summed E-state index contributed by atoms with van der Waals surface area (Å²) in [5.74, 6) is -2.64. The van der Waals surface area contributed by atoms with Crippen molar-refractivity contribution < 1.29 is 19.1 Å². The van der Waals surface area contributed by atoms with E-state index in [-0.39, 0.29) is 18.8 Å². The van der Waals surface area contributed by atoms with Crippen molar-refractivity contribution in [3.8, 4) is 0 Å². The fraction of sp³-hybridized carbons (Fsp3) is 0.812. The number of hydrogen-bond donors (Lipinski definition) is 0. The molecule has 0 aromatic rings. The average Bonchev–Trinajstić information content (AvgIpc) is 2.37. The first kappa shape index (κ1) is 18.8. The highest BCUT2D eigenvalue weighted by Crippen LogP contribution is 2.13. The molecule has 0 saturated heterocycles. The Balaban J connectivity index is 3.97. The average molecular weight is 284 g/mol. The summed E-state index contributed by atoms with van der Waals surface area (Å²) in [6, 6.07) is 0. The predicted octanol–water partition coefficient (Wildman–Crippen LogP) is 3.46. The van der Waals surface area contributed by atoms with Crippen LogP contribution in [0.1, 0.15) is 72.1 Å². The SMILES string of the molecule is CCCCCCCCCC(=O)C(C(C)=O)C(=O)OCC. The molecule has 0 aliphatic carbocycles. The summed E-state index contributed by atoms with van der Waals surface area (Å²) >= 11 is 0. The van der Waals surface area contributed by atoms with Crippen molar-refractivity contribution in [1.82, 2.24) is 0 Å². The van der Waals surface area contributed by atoms with Gasteiger partial charge in [-0.25, -0.2) is 0 Å². The maximum Gasteiger partial charge on any atom is 0.324 e. The van der Waals surface area contributed by atoms with Gasteiger partial charge in [-0.3, -0.25) is 14.4 Å². The third-order valence-electron chi connectivity index (χ3n) is 3.28. The minimum Gasteiger partial charge on any atom is -0.465 e. The second-order valence-corrected chi connectivity index (χ2v) is 5.13. The van der Waals surface area contributed by atoms with E-state index in [1.54, 1.807) is 6.92 Å². The molecule has 0 rings (SSSR count). The van der Waals surface area contributed by atoms with Gasteiger partial charge >= 0.3 is 5.97 Å². The highest BCUT2D eigenvalue weighted by atomic mass is 16.5. The van der Waals surface area contributed by atoms with E-state index in [0.29, 0.717) is 0 Å². The molecule has 0 saturated carbocycles. The van der Waals surface area contributed by atoms with Crippen LogP contribution in [0.5, 0.6) is 0 Å². The third-order valence-corrected chi connectivity index (χ3v) is 3.28. The highest BCUT2D eigenvalue weighted by molar-refractivity contribution is 6.16. The van der Waals surface area contributed by atoms with Crippen LogP contribution in [0.25, 0.3) is 0 Å². The van der Waals surface area contributed by atoms with Gasteiger partial charge in [-0.1, -0.05) is 45.4 Å². The topological polar surface area (TPSA) is 60.4 Å². The molecule has 0 amide bonds. The third kappa shape index (κ3) is 8.08. The standard InChI is InChI=1S/C16H28O4/c1-4-6-7-8-9-10-11-12-14(18)15(13(3)17)16(19)20-5-2/h15H,4-12H2,1-3H3. The Morgan fingerprint density at radius 3 is 1.95 bits per heavy atom. The van der Waals surface area contributed by atoms with Crippen LogP contribution in [0, 0.1) is 5.92 Å². The van der Waals surface area contributed by atoms with E-state index in [1.165, 1.54) is 32.6 Å². The monoisotopic (exact) mass is 284 g/mol. The lowest BCUT2D eigenvalue weighted by molar-refractivity contribution is -0.154. The van der Waals surface area contributed by atoms with Gasteiger partial charge in [0, 0.05) is 6.42 Å². The molecule has 0 fully saturated rings. The number of ketones is 2.